The molecule has 0 unspecified atom stereocenters. The molecule has 2 aliphatic rings. The largest absolute Gasteiger partial charge is 0.373 e. The van der Waals surface area contributed by atoms with E-state index in [-0.39, 0.29) is 18.1 Å². The molecular formula is C18H21N3O3. The normalized spacial score (nSPS) is 23.3. The molecule has 0 radical (unpaired) electrons. The fourth-order valence-electron chi connectivity index (χ4n) is 3.71. The Labute approximate surface area is 140 Å². The number of amides is 1. The molecular weight excluding hydrogens is 306 g/mol. The van der Waals surface area contributed by atoms with E-state index >= 15 is 0 Å². The van der Waals surface area contributed by atoms with Crippen molar-refractivity contribution in [3.8, 4) is 0 Å². The maximum absolute atomic E-state index is 12.9. The Bertz CT molecular complexity index is 743. The van der Waals surface area contributed by atoms with Crippen LogP contribution in [0.2, 0.25) is 0 Å². The number of carbonyl (C=O) groups excluding carboxylic acids is 1. The van der Waals surface area contributed by atoms with Crippen LogP contribution in [0.1, 0.15) is 54.3 Å². The van der Waals surface area contributed by atoms with E-state index in [1.165, 1.54) is 5.56 Å². The molecule has 126 valence electrons. The van der Waals surface area contributed by atoms with Crippen LogP contribution in [0, 0.1) is 6.92 Å². The quantitative estimate of drug-likeness (QED) is 0.867. The highest BCUT2D eigenvalue weighted by atomic mass is 16.5. The van der Waals surface area contributed by atoms with Crippen molar-refractivity contribution in [2.45, 2.75) is 44.8 Å². The van der Waals surface area contributed by atoms with Gasteiger partial charge in [-0.25, -0.2) is 0 Å². The summed E-state index contributed by atoms with van der Waals surface area (Å²) in [6.07, 6.45) is 2.97. The standard InChI is InChI=1S/C18H21N3O3/c1-12-19-18(20-24-12)15-7-4-9-21(15)17(22)11-16-14-6-3-2-5-13(14)8-10-23-16/h2-3,5-6,15-16H,4,7-11H2,1H3/t15-,16-/m0/s1. The van der Waals surface area contributed by atoms with Gasteiger partial charge in [-0.05, 0) is 30.4 Å². The highest BCUT2D eigenvalue weighted by Crippen LogP contribution is 2.34. The summed E-state index contributed by atoms with van der Waals surface area (Å²) in [4.78, 5) is 19.1. The van der Waals surface area contributed by atoms with Gasteiger partial charge in [0.25, 0.3) is 0 Å². The third-order valence-electron chi connectivity index (χ3n) is 4.87. The number of nitrogens with zero attached hydrogens (tertiary/aromatic N) is 3. The molecule has 0 spiro atoms. The highest BCUT2D eigenvalue weighted by Gasteiger charge is 2.35. The summed E-state index contributed by atoms with van der Waals surface area (Å²) < 4.78 is 11.0. The van der Waals surface area contributed by atoms with Crippen molar-refractivity contribution in [2.75, 3.05) is 13.2 Å². The van der Waals surface area contributed by atoms with Gasteiger partial charge in [0.1, 0.15) is 0 Å². The second kappa shape index (κ2) is 6.36. The van der Waals surface area contributed by atoms with Crippen LogP contribution in [0.5, 0.6) is 0 Å². The van der Waals surface area contributed by atoms with E-state index in [0.717, 1.165) is 31.4 Å². The minimum atomic E-state index is -0.157. The average Bonchev–Trinajstić information content (AvgIpc) is 3.24. The lowest BCUT2D eigenvalue weighted by Crippen LogP contribution is -2.33. The molecule has 1 aromatic carbocycles. The third-order valence-corrected chi connectivity index (χ3v) is 4.87. The first-order valence-corrected chi connectivity index (χ1v) is 8.51. The lowest BCUT2D eigenvalue weighted by molar-refractivity contribution is -0.135. The fraction of sp³-hybridized carbons (Fsp3) is 0.500. The Balaban J connectivity index is 1.50. The molecule has 0 N–H and O–H groups in total. The molecule has 2 atom stereocenters. The number of hydrogen-bond donors (Lipinski definition) is 0. The number of aromatic nitrogens is 2. The minimum absolute atomic E-state index is 0.0752. The van der Waals surface area contributed by atoms with E-state index in [9.17, 15) is 4.79 Å². The molecule has 6 nitrogen and oxygen atoms in total. The van der Waals surface area contributed by atoms with Crippen LogP contribution in [0.4, 0.5) is 0 Å². The number of likely N-dealkylation sites (tertiary alicyclic amines) is 1. The molecule has 1 fully saturated rings. The van der Waals surface area contributed by atoms with Crippen molar-refractivity contribution in [1.82, 2.24) is 15.0 Å². The van der Waals surface area contributed by atoms with Gasteiger partial charge in [0.2, 0.25) is 11.8 Å². The smallest absolute Gasteiger partial charge is 0.226 e. The van der Waals surface area contributed by atoms with Gasteiger partial charge in [-0.2, -0.15) is 4.98 Å². The summed E-state index contributed by atoms with van der Waals surface area (Å²) >= 11 is 0. The zero-order valence-corrected chi connectivity index (χ0v) is 13.8. The van der Waals surface area contributed by atoms with Crippen molar-refractivity contribution in [3.05, 3.63) is 47.1 Å². The molecule has 0 saturated carbocycles. The van der Waals surface area contributed by atoms with Gasteiger partial charge in [-0.3, -0.25) is 4.79 Å². The predicted molar refractivity (Wildman–Crippen MR) is 86.2 cm³/mol. The van der Waals surface area contributed by atoms with Gasteiger partial charge in [0.05, 0.1) is 25.2 Å². The minimum Gasteiger partial charge on any atom is -0.373 e. The second-order valence-electron chi connectivity index (χ2n) is 6.43. The van der Waals surface area contributed by atoms with Crippen molar-refractivity contribution < 1.29 is 14.1 Å². The van der Waals surface area contributed by atoms with Crippen molar-refractivity contribution >= 4 is 5.91 Å². The zero-order valence-electron chi connectivity index (χ0n) is 13.8. The number of fused-ring (bicyclic) bond motifs is 1. The first kappa shape index (κ1) is 15.3. The zero-order chi connectivity index (χ0) is 16.5. The third kappa shape index (κ3) is 2.82. The average molecular weight is 327 g/mol. The maximum atomic E-state index is 12.9. The van der Waals surface area contributed by atoms with Crippen molar-refractivity contribution in [2.24, 2.45) is 0 Å². The number of benzene rings is 1. The van der Waals surface area contributed by atoms with E-state index in [0.29, 0.717) is 24.7 Å². The molecule has 24 heavy (non-hydrogen) atoms. The number of hydrogen-bond acceptors (Lipinski definition) is 5. The SMILES string of the molecule is Cc1nc([C@@H]2CCCN2C(=O)C[C@@H]2OCCc3ccccc32)no1. The Kier molecular flexibility index (Phi) is 4.06. The van der Waals surface area contributed by atoms with Gasteiger partial charge < -0.3 is 14.2 Å². The Hall–Kier alpha value is -2.21. The Morgan fingerprint density at radius 3 is 3.08 bits per heavy atom. The number of rotatable bonds is 3. The van der Waals surface area contributed by atoms with Crippen LogP contribution >= 0.6 is 0 Å². The van der Waals surface area contributed by atoms with Gasteiger partial charge >= 0.3 is 0 Å². The summed E-state index contributed by atoms with van der Waals surface area (Å²) in [7, 11) is 0. The van der Waals surface area contributed by atoms with Crippen LogP contribution in [0.25, 0.3) is 0 Å². The molecule has 1 saturated heterocycles. The van der Waals surface area contributed by atoms with Gasteiger partial charge in [0.15, 0.2) is 5.82 Å². The van der Waals surface area contributed by atoms with Crippen LogP contribution in [0.3, 0.4) is 0 Å². The molecule has 2 aliphatic heterocycles. The lowest BCUT2D eigenvalue weighted by atomic mass is 9.95. The highest BCUT2D eigenvalue weighted by molar-refractivity contribution is 5.77. The molecule has 0 bridgehead atoms. The molecule has 6 heteroatoms. The number of carbonyl (C=O) groups is 1. The molecule has 3 heterocycles. The van der Waals surface area contributed by atoms with Crippen LogP contribution in [-0.2, 0) is 16.0 Å². The van der Waals surface area contributed by atoms with E-state index in [2.05, 4.69) is 22.3 Å². The summed E-state index contributed by atoms with van der Waals surface area (Å²) in [6, 6.07) is 8.16. The van der Waals surface area contributed by atoms with Crippen LogP contribution in [0.15, 0.2) is 28.8 Å². The van der Waals surface area contributed by atoms with Crippen LogP contribution in [-0.4, -0.2) is 34.1 Å². The van der Waals surface area contributed by atoms with Crippen LogP contribution < -0.4 is 0 Å². The fourth-order valence-corrected chi connectivity index (χ4v) is 3.71. The maximum Gasteiger partial charge on any atom is 0.226 e. The Morgan fingerprint density at radius 1 is 1.38 bits per heavy atom. The summed E-state index contributed by atoms with van der Waals surface area (Å²) in [6.45, 7) is 3.18. The number of aryl methyl sites for hydroxylation is 1. The lowest BCUT2D eigenvalue weighted by Gasteiger charge is -2.29. The first-order valence-electron chi connectivity index (χ1n) is 8.51. The number of ether oxygens (including phenoxy) is 1. The van der Waals surface area contributed by atoms with E-state index in [1.807, 2.05) is 17.0 Å². The summed E-state index contributed by atoms with van der Waals surface area (Å²) in [5, 5.41) is 4.00. The van der Waals surface area contributed by atoms with Gasteiger partial charge in [-0.15, -0.1) is 0 Å². The monoisotopic (exact) mass is 327 g/mol. The topological polar surface area (TPSA) is 68.5 Å². The van der Waals surface area contributed by atoms with Crippen molar-refractivity contribution in [3.63, 3.8) is 0 Å². The molecule has 1 aromatic heterocycles. The molecule has 4 rings (SSSR count). The molecule has 2 aromatic rings. The van der Waals surface area contributed by atoms with Crippen molar-refractivity contribution in [1.29, 1.82) is 0 Å². The van der Waals surface area contributed by atoms with Gasteiger partial charge in [-0.1, -0.05) is 29.4 Å². The molecule has 1 amide bonds. The van der Waals surface area contributed by atoms with E-state index in [1.54, 1.807) is 6.92 Å². The summed E-state index contributed by atoms with van der Waals surface area (Å²) in [5.74, 6) is 1.25. The first-order chi connectivity index (χ1) is 11.7. The predicted octanol–water partition coefficient (Wildman–Crippen LogP) is 2.75. The molecule has 0 aliphatic carbocycles. The Morgan fingerprint density at radius 2 is 2.25 bits per heavy atom. The van der Waals surface area contributed by atoms with E-state index in [4.69, 9.17) is 9.26 Å². The van der Waals surface area contributed by atoms with Gasteiger partial charge in [0, 0.05) is 13.5 Å². The summed E-state index contributed by atoms with van der Waals surface area (Å²) in [5.41, 5.74) is 2.43. The second-order valence-corrected chi connectivity index (χ2v) is 6.43. The van der Waals surface area contributed by atoms with E-state index < -0.39 is 0 Å².